The third kappa shape index (κ3) is 7.89. The lowest BCUT2D eigenvalue weighted by atomic mass is 10.1. The van der Waals surface area contributed by atoms with Crippen LogP contribution in [0.25, 0.3) is 0 Å². The fourth-order valence-corrected chi connectivity index (χ4v) is 2.03. The van der Waals surface area contributed by atoms with Gasteiger partial charge >= 0.3 is 18.0 Å². The number of hydroxylamine groups is 2. The van der Waals surface area contributed by atoms with Gasteiger partial charge in [0.15, 0.2) is 0 Å². The Hall–Kier alpha value is -2.91. The van der Waals surface area contributed by atoms with Gasteiger partial charge in [-0.2, -0.15) is 0 Å². The molecule has 0 spiro atoms. The minimum absolute atomic E-state index is 0.0660. The van der Waals surface area contributed by atoms with Gasteiger partial charge in [-0.15, -0.1) is 5.06 Å². The molecule has 1 aliphatic rings. The van der Waals surface area contributed by atoms with Crippen molar-refractivity contribution in [3.63, 3.8) is 0 Å². The van der Waals surface area contributed by atoms with E-state index in [1.54, 1.807) is 20.8 Å². The summed E-state index contributed by atoms with van der Waals surface area (Å²) in [5, 5.41) is 2.59. The molecule has 27 heavy (non-hydrogen) atoms. The van der Waals surface area contributed by atoms with E-state index in [1.165, 1.54) is 6.08 Å². The SMILES string of the molecule is C=CCOC(=O)N[C@@H](CCC(=O)OC(C)(C)C)C(=O)ON1C(=O)CCC1=O. The molecule has 150 valence electrons. The number of carbonyl (C=O) groups is 5. The van der Waals surface area contributed by atoms with Crippen molar-refractivity contribution in [2.75, 3.05) is 6.61 Å². The molecule has 10 heteroatoms. The highest BCUT2D eigenvalue weighted by atomic mass is 16.7. The Labute approximate surface area is 156 Å². The Morgan fingerprint density at radius 2 is 1.81 bits per heavy atom. The number of rotatable bonds is 8. The molecule has 1 N–H and O–H groups in total. The Morgan fingerprint density at radius 3 is 2.33 bits per heavy atom. The molecule has 10 nitrogen and oxygen atoms in total. The van der Waals surface area contributed by atoms with Gasteiger partial charge in [-0.3, -0.25) is 14.4 Å². The maximum absolute atomic E-state index is 12.3. The van der Waals surface area contributed by atoms with Crippen LogP contribution in [0, 0.1) is 0 Å². The molecule has 1 fully saturated rings. The maximum atomic E-state index is 12.3. The van der Waals surface area contributed by atoms with Crippen LogP contribution in [0.4, 0.5) is 4.79 Å². The van der Waals surface area contributed by atoms with Crippen LogP contribution in [0.15, 0.2) is 12.7 Å². The number of alkyl carbamates (subject to hydrolysis) is 1. The molecule has 1 atom stereocenters. The first kappa shape index (κ1) is 22.1. The second-order valence-corrected chi connectivity index (χ2v) is 6.70. The van der Waals surface area contributed by atoms with E-state index in [4.69, 9.17) is 14.3 Å². The van der Waals surface area contributed by atoms with Gasteiger partial charge in [-0.1, -0.05) is 12.7 Å². The van der Waals surface area contributed by atoms with Crippen molar-refractivity contribution in [1.29, 1.82) is 0 Å². The number of amides is 3. The lowest BCUT2D eigenvalue weighted by molar-refractivity contribution is -0.199. The predicted octanol–water partition coefficient (Wildman–Crippen LogP) is 0.996. The van der Waals surface area contributed by atoms with Crippen molar-refractivity contribution in [3.05, 3.63) is 12.7 Å². The molecular weight excluding hydrogens is 360 g/mol. The third-order valence-electron chi connectivity index (χ3n) is 3.15. The summed E-state index contributed by atoms with van der Waals surface area (Å²) < 4.78 is 9.87. The first-order valence-electron chi connectivity index (χ1n) is 8.37. The van der Waals surface area contributed by atoms with Crippen molar-refractivity contribution in [1.82, 2.24) is 10.4 Å². The van der Waals surface area contributed by atoms with Crippen LogP contribution in [0.3, 0.4) is 0 Å². The van der Waals surface area contributed by atoms with Gasteiger partial charge in [0.2, 0.25) is 0 Å². The van der Waals surface area contributed by atoms with Crippen molar-refractivity contribution in [2.45, 2.75) is 58.1 Å². The number of hydrogen-bond donors (Lipinski definition) is 1. The number of nitrogens with zero attached hydrogens (tertiary/aromatic N) is 1. The molecule has 3 amide bonds. The molecule has 0 unspecified atom stereocenters. The number of imide groups is 1. The average molecular weight is 384 g/mol. The Balaban J connectivity index is 2.73. The molecule has 0 aromatic heterocycles. The first-order chi connectivity index (χ1) is 12.5. The number of ether oxygens (including phenoxy) is 2. The number of nitrogens with one attached hydrogen (secondary N) is 1. The van der Waals surface area contributed by atoms with Gasteiger partial charge in [-0.05, 0) is 27.2 Å². The van der Waals surface area contributed by atoms with Crippen molar-refractivity contribution >= 4 is 29.8 Å². The summed E-state index contributed by atoms with van der Waals surface area (Å²) in [4.78, 5) is 63.7. The van der Waals surface area contributed by atoms with E-state index in [2.05, 4.69) is 11.9 Å². The van der Waals surface area contributed by atoms with Crippen LogP contribution in [0.1, 0.15) is 46.5 Å². The largest absolute Gasteiger partial charge is 0.460 e. The molecular formula is C17H24N2O8. The Bertz CT molecular complexity index is 607. The van der Waals surface area contributed by atoms with Gasteiger partial charge in [0.25, 0.3) is 11.8 Å². The van der Waals surface area contributed by atoms with Crippen molar-refractivity contribution in [2.24, 2.45) is 0 Å². The van der Waals surface area contributed by atoms with Crippen LogP contribution in [-0.2, 0) is 33.5 Å². The summed E-state index contributed by atoms with van der Waals surface area (Å²) >= 11 is 0. The highest BCUT2D eigenvalue weighted by molar-refractivity contribution is 6.01. The Kier molecular flexibility index (Phi) is 7.95. The van der Waals surface area contributed by atoms with Gasteiger partial charge in [0, 0.05) is 19.3 Å². The van der Waals surface area contributed by atoms with Gasteiger partial charge in [0.05, 0.1) is 0 Å². The number of carbonyl (C=O) groups excluding carboxylic acids is 5. The van der Waals surface area contributed by atoms with Crippen LogP contribution < -0.4 is 5.32 Å². The molecule has 1 heterocycles. The number of hydrogen-bond acceptors (Lipinski definition) is 8. The fourth-order valence-electron chi connectivity index (χ4n) is 2.03. The molecule has 0 radical (unpaired) electrons. The predicted molar refractivity (Wildman–Crippen MR) is 90.7 cm³/mol. The topological polar surface area (TPSA) is 128 Å². The number of esters is 1. The van der Waals surface area contributed by atoms with E-state index < -0.39 is 41.5 Å². The van der Waals surface area contributed by atoms with Crippen LogP contribution in [0.2, 0.25) is 0 Å². The van der Waals surface area contributed by atoms with E-state index in [0.717, 1.165) is 0 Å². The normalized spacial score (nSPS) is 15.1. The summed E-state index contributed by atoms with van der Waals surface area (Å²) in [6.45, 7) is 8.35. The lowest BCUT2D eigenvalue weighted by Crippen LogP contribution is -2.46. The Morgan fingerprint density at radius 1 is 1.22 bits per heavy atom. The molecule has 1 aliphatic heterocycles. The molecule has 0 aliphatic carbocycles. The fraction of sp³-hybridized carbons (Fsp3) is 0.588. The van der Waals surface area contributed by atoms with E-state index in [0.29, 0.717) is 5.06 Å². The van der Waals surface area contributed by atoms with Gasteiger partial charge in [0.1, 0.15) is 18.2 Å². The van der Waals surface area contributed by atoms with Crippen molar-refractivity contribution in [3.8, 4) is 0 Å². The third-order valence-corrected chi connectivity index (χ3v) is 3.15. The van der Waals surface area contributed by atoms with Crippen molar-refractivity contribution < 1.29 is 38.3 Å². The summed E-state index contributed by atoms with van der Waals surface area (Å²) in [6, 6.07) is -1.32. The highest BCUT2D eigenvalue weighted by Crippen LogP contribution is 2.15. The van der Waals surface area contributed by atoms with Crippen LogP contribution >= 0.6 is 0 Å². The molecule has 0 aromatic carbocycles. The zero-order valence-corrected chi connectivity index (χ0v) is 15.6. The zero-order chi connectivity index (χ0) is 20.6. The maximum Gasteiger partial charge on any atom is 0.408 e. The second-order valence-electron chi connectivity index (χ2n) is 6.70. The minimum Gasteiger partial charge on any atom is -0.460 e. The van der Waals surface area contributed by atoms with Gasteiger partial charge in [-0.25, -0.2) is 9.59 Å². The van der Waals surface area contributed by atoms with E-state index in [-0.39, 0.29) is 32.3 Å². The van der Waals surface area contributed by atoms with E-state index in [1.807, 2.05) is 0 Å². The summed E-state index contributed by atoms with van der Waals surface area (Å²) in [5.41, 5.74) is -0.711. The van der Waals surface area contributed by atoms with Crippen LogP contribution in [0.5, 0.6) is 0 Å². The molecule has 0 saturated carbocycles. The smallest absolute Gasteiger partial charge is 0.408 e. The molecule has 1 rings (SSSR count). The quantitative estimate of drug-likeness (QED) is 0.373. The second kappa shape index (κ2) is 9.70. The van der Waals surface area contributed by atoms with E-state index >= 15 is 0 Å². The van der Waals surface area contributed by atoms with Crippen LogP contribution in [-0.4, -0.2) is 53.2 Å². The first-order valence-corrected chi connectivity index (χ1v) is 8.37. The van der Waals surface area contributed by atoms with Gasteiger partial charge < -0.3 is 19.6 Å². The molecule has 0 bridgehead atoms. The minimum atomic E-state index is -1.32. The molecule has 0 aromatic rings. The summed E-state index contributed by atoms with van der Waals surface area (Å²) in [5.74, 6) is -2.98. The standard InChI is InChI=1S/C17H24N2O8/c1-5-10-25-16(24)18-11(6-9-14(22)26-17(2,3)4)15(23)27-19-12(20)7-8-13(19)21/h5,11H,1,6-10H2,2-4H3,(H,18,24)/t11-/m0/s1. The zero-order valence-electron chi connectivity index (χ0n) is 15.6. The van der Waals surface area contributed by atoms with E-state index in [9.17, 15) is 24.0 Å². The summed E-state index contributed by atoms with van der Waals surface area (Å²) in [6.07, 6.45) is -0.129. The monoisotopic (exact) mass is 384 g/mol. The molecule has 1 saturated heterocycles. The average Bonchev–Trinajstić information content (AvgIpc) is 2.86. The lowest BCUT2D eigenvalue weighted by Gasteiger charge is -2.22. The summed E-state index contributed by atoms with van der Waals surface area (Å²) in [7, 11) is 0. The highest BCUT2D eigenvalue weighted by Gasteiger charge is 2.35.